The molecule has 3 N–H and O–H groups in total. The highest BCUT2D eigenvalue weighted by molar-refractivity contribution is 6.30. The molecule has 1 aromatic heterocycles. The molecule has 9 heteroatoms. The number of hydrogen-bond donors (Lipinski definition) is 3. The van der Waals surface area contributed by atoms with Gasteiger partial charge in [-0.05, 0) is 49.7 Å². The minimum atomic E-state index is -1.20. The molecule has 1 amide bonds. The van der Waals surface area contributed by atoms with Crippen molar-refractivity contribution in [3.63, 3.8) is 0 Å². The number of aromatic hydroxyl groups is 1. The molecule has 0 bridgehead atoms. The Morgan fingerprint density at radius 3 is 2.43 bits per heavy atom. The van der Waals surface area contributed by atoms with E-state index in [9.17, 15) is 23.9 Å². The molecule has 0 aliphatic carbocycles. The van der Waals surface area contributed by atoms with E-state index >= 15 is 0 Å². The quantitative estimate of drug-likeness (QED) is 0.572. The Kier molecular flexibility index (Phi) is 5.80. The fourth-order valence-corrected chi connectivity index (χ4v) is 3.55. The van der Waals surface area contributed by atoms with Crippen LogP contribution in [0, 0.1) is 12.7 Å². The number of carboxylic acid groups (broad SMARTS) is 1. The molecule has 0 unspecified atom stereocenters. The third kappa shape index (κ3) is 3.86. The van der Waals surface area contributed by atoms with Gasteiger partial charge in [-0.15, -0.1) is 0 Å². The lowest BCUT2D eigenvalue weighted by molar-refractivity contribution is -0.138. The summed E-state index contributed by atoms with van der Waals surface area (Å²) in [5.41, 5.74) is 1.22. The first-order valence-corrected chi connectivity index (χ1v) is 9.32. The van der Waals surface area contributed by atoms with Gasteiger partial charge >= 0.3 is 5.97 Å². The van der Waals surface area contributed by atoms with Crippen LogP contribution in [0.4, 0.5) is 4.39 Å². The van der Waals surface area contributed by atoms with E-state index in [0.717, 1.165) is 12.1 Å². The normalized spacial score (nSPS) is 12.0. The van der Waals surface area contributed by atoms with Crippen molar-refractivity contribution in [2.24, 2.45) is 0 Å². The van der Waals surface area contributed by atoms with Gasteiger partial charge in [0.2, 0.25) is 5.91 Å². The van der Waals surface area contributed by atoms with Gasteiger partial charge in [-0.2, -0.15) is 0 Å². The molecule has 2 aromatic carbocycles. The van der Waals surface area contributed by atoms with Crippen molar-refractivity contribution in [3.8, 4) is 5.75 Å². The SMILES string of the molecule is Cc1c([C@@H](C)C(=O)NCC(=O)O)c2cc(O)c(F)cc2n1C(=O)c1ccc(Cl)cc1. The van der Waals surface area contributed by atoms with Crippen LogP contribution >= 0.6 is 11.6 Å². The van der Waals surface area contributed by atoms with Crippen LogP contribution in [-0.2, 0) is 9.59 Å². The first-order valence-electron chi connectivity index (χ1n) is 8.95. The molecule has 0 aliphatic rings. The summed E-state index contributed by atoms with van der Waals surface area (Å²) in [5.74, 6) is -4.66. The summed E-state index contributed by atoms with van der Waals surface area (Å²) in [6.07, 6.45) is 0. The van der Waals surface area contributed by atoms with Crippen molar-refractivity contribution >= 4 is 40.3 Å². The summed E-state index contributed by atoms with van der Waals surface area (Å²) in [7, 11) is 0. The molecule has 0 aliphatic heterocycles. The topological polar surface area (TPSA) is 109 Å². The monoisotopic (exact) mass is 432 g/mol. The van der Waals surface area contributed by atoms with Crippen molar-refractivity contribution in [1.29, 1.82) is 0 Å². The fraction of sp³-hybridized carbons (Fsp3) is 0.190. The maximum absolute atomic E-state index is 14.1. The number of carboxylic acids is 1. The minimum Gasteiger partial charge on any atom is -0.505 e. The van der Waals surface area contributed by atoms with Gasteiger partial charge in [0.25, 0.3) is 5.91 Å². The third-order valence-corrected chi connectivity index (χ3v) is 5.11. The number of fused-ring (bicyclic) bond motifs is 1. The van der Waals surface area contributed by atoms with E-state index in [-0.39, 0.29) is 5.52 Å². The van der Waals surface area contributed by atoms with Crippen LogP contribution in [-0.4, -0.2) is 39.1 Å². The summed E-state index contributed by atoms with van der Waals surface area (Å²) in [5, 5.41) is 21.7. The van der Waals surface area contributed by atoms with Crippen molar-refractivity contribution in [2.45, 2.75) is 19.8 Å². The van der Waals surface area contributed by atoms with Crippen LogP contribution in [0.25, 0.3) is 10.9 Å². The van der Waals surface area contributed by atoms with Gasteiger partial charge in [0, 0.05) is 27.7 Å². The average Bonchev–Trinajstić information content (AvgIpc) is 2.96. The molecule has 0 saturated carbocycles. The van der Waals surface area contributed by atoms with Crippen LogP contribution < -0.4 is 5.32 Å². The van der Waals surface area contributed by atoms with Crippen molar-refractivity contribution in [2.75, 3.05) is 6.54 Å². The molecule has 0 radical (unpaired) electrons. The number of benzene rings is 2. The number of aliphatic carboxylic acids is 1. The van der Waals surface area contributed by atoms with E-state index < -0.39 is 41.8 Å². The van der Waals surface area contributed by atoms with Gasteiger partial charge in [0.1, 0.15) is 6.54 Å². The molecule has 3 aromatic rings. The Balaban J connectivity index is 2.19. The second-order valence-corrected chi connectivity index (χ2v) is 7.24. The second kappa shape index (κ2) is 8.16. The van der Waals surface area contributed by atoms with E-state index in [0.29, 0.717) is 27.2 Å². The lowest BCUT2D eigenvalue weighted by Crippen LogP contribution is -2.32. The zero-order valence-corrected chi connectivity index (χ0v) is 16.8. The number of amides is 1. The molecule has 1 atom stereocenters. The molecular weight excluding hydrogens is 415 g/mol. The number of carbonyl (C=O) groups is 3. The second-order valence-electron chi connectivity index (χ2n) is 6.80. The van der Waals surface area contributed by atoms with E-state index in [4.69, 9.17) is 16.7 Å². The average molecular weight is 433 g/mol. The third-order valence-electron chi connectivity index (χ3n) is 4.86. The van der Waals surface area contributed by atoms with Crippen LogP contribution in [0.1, 0.15) is 34.5 Å². The molecule has 0 spiro atoms. The summed E-state index contributed by atoms with van der Waals surface area (Å²) in [4.78, 5) is 36.4. The summed E-state index contributed by atoms with van der Waals surface area (Å²) < 4.78 is 15.4. The Morgan fingerprint density at radius 2 is 1.83 bits per heavy atom. The van der Waals surface area contributed by atoms with E-state index in [1.54, 1.807) is 19.1 Å². The van der Waals surface area contributed by atoms with E-state index in [1.807, 2.05) is 0 Å². The van der Waals surface area contributed by atoms with Gasteiger partial charge in [0.05, 0.1) is 11.4 Å². The number of phenols is 1. The molecular formula is C21H18ClFN2O5. The molecule has 0 saturated heterocycles. The maximum Gasteiger partial charge on any atom is 0.322 e. The number of aromatic nitrogens is 1. The van der Waals surface area contributed by atoms with Crippen molar-refractivity contribution in [1.82, 2.24) is 9.88 Å². The predicted octanol–water partition coefficient (Wildman–Crippen LogP) is 3.44. The highest BCUT2D eigenvalue weighted by atomic mass is 35.5. The van der Waals surface area contributed by atoms with Crippen LogP contribution in [0.3, 0.4) is 0 Å². The number of nitrogens with zero attached hydrogens (tertiary/aromatic N) is 1. The van der Waals surface area contributed by atoms with Crippen molar-refractivity contribution < 1.29 is 29.0 Å². The summed E-state index contributed by atoms with van der Waals surface area (Å²) in [6, 6.07) is 8.32. The molecule has 1 heterocycles. The number of rotatable bonds is 5. The van der Waals surface area contributed by atoms with Crippen LogP contribution in [0.2, 0.25) is 5.02 Å². The zero-order chi connectivity index (χ0) is 22.2. The number of hydrogen-bond acceptors (Lipinski definition) is 4. The Morgan fingerprint density at radius 1 is 1.20 bits per heavy atom. The van der Waals surface area contributed by atoms with Crippen LogP contribution in [0.5, 0.6) is 5.75 Å². The van der Waals surface area contributed by atoms with E-state index in [2.05, 4.69) is 5.32 Å². The van der Waals surface area contributed by atoms with Gasteiger partial charge in [-0.1, -0.05) is 11.6 Å². The van der Waals surface area contributed by atoms with Gasteiger partial charge in [-0.25, -0.2) is 4.39 Å². The number of phenolic OH excluding ortho intramolecular Hbond substituents is 1. The van der Waals surface area contributed by atoms with Gasteiger partial charge < -0.3 is 15.5 Å². The molecule has 3 rings (SSSR count). The lowest BCUT2D eigenvalue weighted by atomic mass is 9.97. The molecule has 7 nitrogen and oxygen atoms in total. The highest BCUT2D eigenvalue weighted by Crippen LogP contribution is 2.36. The smallest absolute Gasteiger partial charge is 0.322 e. The summed E-state index contributed by atoms with van der Waals surface area (Å²) >= 11 is 5.88. The van der Waals surface area contributed by atoms with Crippen LogP contribution in [0.15, 0.2) is 36.4 Å². The molecule has 156 valence electrons. The number of carbonyl (C=O) groups excluding carboxylic acids is 2. The Bertz CT molecular complexity index is 1170. The molecule has 0 fully saturated rings. The first-order chi connectivity index (χ1) is 14.1. The Hall–Kier alpha value is -3.39. The maximum atomic E-state index is 14.1. The zero-order valence-electron chi connectivity index (χ0n) is 16.1. The highest BCUT2D eigenvalue weighted by Gasteiger charge is 2.28. The number of nitrogens with one attached hydrogen (secondary N) is 1. The van der Waals surface area contributed by atoms with Gasteiger partial charge in [-0.3, -0.25) is 19.0 Å². The molecule has 30 heavy (non-hydrogen) atoms. The first kappa shape index (κ1) is 21.3. The largest absolute Gasteiger partial charge is 0.505 e. The lowest BCUT2D eigenvalue weighted by Gasteiger charge is -2.13. The minimum absolute atomic E-state index is 0.177. The van der Waals surface area contributed by atoms with E-state index in [1.165, 1.54) is 23.6 Å². The Labute approximate surface area is 175 Å². The van der Waals surface area contributed by atoms with Crippen molar-refractivity contribution in [3.05, 3.63) is 64.1 Å². The summed E-state index contributed by atoms with van der Waals surface area (Å²) in [6.45, 7) is 2.57. The predicted molar refractivity (Wildman–Crippen MR) is 109 cm³/mol. The van der Waals surface area contributed by atoms with Gasteiger partial charge in [0.15, 0.2) is 11.6 Å². The fourth-order valence-electron chi connectivity index (χ4n) is 3.42. The number of halogens is 2. The standard InChI is InChI=1S/C21H18ClFN2O5/c1-10(20(29)24-9-18(27)28)19-11(2)25(16-8-15(23)17(26)7-14(16)19)21(30)12-3-5-13(22)6-4-12/h3-8,10,26H,9H2,1-2H3,(H,24,29)(H,27,28)/t10-/m1/s1.